The molecule has 2 aromatic heterocycles. The molecule has 0 spiro atoms. The monoisotopic (exact) mass is 537 g/mol. The fourth-order valence-corrected chi connectivity index (χ4v) is 6.80. The largest absolute Gasteiger partial charge is 0.309 e. The van der Waals surface area contributed by atoms with E-state index in [0.717, 1.165) is 35.4 Å². The van der Waals surface area contributed by atoms with Crippen molar-refractivity contribution in [2.75, 3.05) is 0 Å². The summed E-state index contributed by atoms with van der Waals surface area (Å²) in [5.41, 5.74) is 13.3. The van der Waals surface area contributed by atoms with Crippen LogP contribution in [0.4, 0.5) is 0 Å². The van der Waals surface area contributed by atoms with Crippen LogP contribution < -0.4 is 0 Å². The van der Waals surface area contributed by atoms with Crippen LogP contribution in [-0.4, -0.2) is 14.1 Å². The number of hydrogen-bond acceptors (Lipinski definition) is 1. The lowest BCUT2D eigenvalue weighted by molar-refractivity contribution is 0.789. The molecule has 9 rings (SSSR count). The summed E-state index contributed by atoms with van der Waals surface area (Å²) in [4.78, 5) is 5.04. The van der Waals surface area contributed by atoms with Gasteiger partial charge in [-0.15, -0.1) is 0 Å². The van der Waals surface area contributed by atoms with Gasteiger partial charge in [0, 0.05) is 22.9 Å². The minimum atomic E-state index is 0.959. The maximum Gasteiger partial charge on any atom is 0.114 e. The van der Waals surface area contributed by atoms with E-state index in [0.29, 0.717) is 0 Å². The molecular formula is C39H27N3. The number of imidazole rings is 1. The molecule has 0 amide bonds. The molecular weight excluding hydrogens is 510 g/mol. The standard InChI is InChI=1S/C39H27N3/c1-3-9-26(10-4-1)29-15-20-36-32(23-29)33-24-30(27-11-5-2-6-12-27)16-21-37(33)41(36)31-18-19-34-38(25-31)42-35-14-8-7-13-28(35)17-22-39(42)40-34/h1-16,18-21,23-25H,17,22H2. The normalized spacial score (nSPS) is 12.6. The number of nitrogens with zero attached hydrogens (tertiary/aromatic N) is 3. The van der Waals surface area contributed by atoms with Gasteiger partial charge in [-0.05, 0) is 82.8 Å². The third-order valence-corrected chi connectivity index (χ3v) is 8.80. The Morgan fingerprint density at radius 3 is 1.74 bits per heavy atom. The average molecular weight is 538 g/mol. The van der Waals surface area contributed by atoms with Gasteiger partial charge in [-0.2, -0.15) is 0 Å². The van der Waals surface area contributed by atoms with Crippen LogP contribution in [-0.2, 0) is 12.8 Å². The van der Waals surface area contributed by atoms with Crippen LogP contribution in [0.25, 0.3) is 66.5 Å². The molecule has 0 aliphatic carbocycles. The van der Waals surface area contributed by atoms with Gasteiger partial charge in [0.25, 0.3) is 0 Å². The first kappa shape index (κ1) is 23.3. The van der Waals surface area contributed by atoms with Crippen molar-refractivity contribution < 1.29 is 0 Å². The van der Waals surface area contributed by atoms with Crippen LogP contribution in [0.2, 0.25) is 0 Å². The van der Waals surface area contributed by atoms with Crippen LogP contribution in [0, 0.1) is 0 Å². The van der Waals surface area contributed by atoms with Crippen LogP contribution in [0.15, 0.2) is 140 Å². The highest BCUT2D eigenvalue weighted by atomic mass is 15.1. The molecule has 0 N–H and O–H groups in total. The molecule has 0 saturated carbocycles. The van der Waals surface area contributed by atoms with Gasteiger partial charge in [0.2, 0.25) is 0 Å². The predicted octanol–water partition coefficient (Wildman–Crippen LogP) is 9.56. The van der Waals surface area contributed by atoms with Gasteiger partial charge in [-0.3, -0.25) is 4.57 Å². The van der Waals surface area contributed by atoms with Gasteiger partial charge in [0.05, 0.1) is 27.8 Å². The SMILES string of the molecule is c1ccc(-c2ccc3c(c2)c2cc(-c4ccccc4)ccc2n3-c2ccc3nc4n(c3c2)-c2ccccc2CC4)cc1. The quantitative estimate of drug-likeness (QED) is 0.220. The summed E-state index contributed by atoms with van der Waals surface area (Å²) in [5, 5.41) is 2.51. The van der Waals surface area contributed by atoms with E-state index in [-0.39, 0.29) is 0 Å². The van der Waals surface area contributed by atoms with Gasteiger partial charge >= 0.3 is 0 Å². The Labute approximate surface area is 243 Å². The smallest absolute Gasteiger partial charge is 0.114 e. The molecule has 3 nitrogen and oxygen atoms in total. The van der Waals surface area contributed by atoms with Crippen molar-refractivity contribution in [3.8, 4) is 33.6 Å². The summed E-state index contributed by atoms with van der Waals surface area (Å²) in [6.07, 6.45) is 1.99. The Bertz CT molecular complexity index is 2190. The van der Waals surface area contributed by atoms with Crippen molar-refractivity contribution in [1.29, 1.82) is 0 Å². The minimum absolute atomic E-state index is 0.959. The Morgan fingerprint density at radius 1 is 0.452 bits per heavy atom. The van der Waals surface area contributed by atoms with Crippen LogP contribution in [0.3, 0.4) is 0 Å². The molecule has 0 fully saturated rings. The fraction of sp³-hybridized carbons (Fsp3) is 0.0513. The third-order valence-electron chi connectivity index (χ3n) is 8.80. The molecule has 1 aliphatic rings. The second-order valence-corrected chi connectivity index (χ2v) is 11.2. The van der Waals surface area contributed by atoms with E-state index in [1.165, 1.54) is 55.3 Å². The van der Waals surface area contributed by atoms with Gasteiger partial charge < -0.3 is 4.57 Å². The van der Waals surface area contributed by atoms with E-state index in [1.807, 2.05) is 0 Å². The van der Waals surface area contributed by atoms with E-state index < -0.39 is 0 Å². The van der Waals surface area contributed by atoms with Gasteiger partial charge in [0.1, 0.15) is 5.82 Å². The molecule has 1 aliphatic heterocycles. The van der Waals surface area contributed by atoms with Gasteiger partial charge in [-0.25, -0.2) is 4.98 Å². The summed E-state index contributed by atoms with van der Waals surface area (Å²) < 4.78 is 4.79. The molecule has 42 heavy (non-hydrogen) atoms. The van der Waals surface area contributed by atoms with Crippen LogP contribution in [0.1, 0.15) is 11.4 Å². The molecule has 0 unspecified atom stereocenters. The summed E-state index contributed by atoms with van der Waals surface area (Å²) in [6, 6.07) is 50.6. The maximum atomic E-state index is 5.04. The molecule has 0 radical (unpaired) electrons. The van der Waals surface area contributed by atoms with Crippen molar-refractivity contribution in [3.63, 3.8) is 0 Å². The highest BCUT2D eigenvalue weighted by molar-refractivity contribution is 6.11. The van der Waals surface area contributed by atoms with Crippen LogP contribution in [0.5, 0.6) is 0 Å². The number of aromatic nitrogens is 3. The van der Waals surface area contributed by atoms with E-state index in [9.17, 15) is 0 Å². The number of para-hydroxylation sites is 1. The number of benzene rings is 6. The molecule has 8 aromatic rings. The molecule has 3 heteroatoms. The Balaban J connectivity index is 1.31. The van der Waals surface area contributed by atoms with Gasteiger partial charge in [-0.1, -0.05) is 91.0 Å². The number of aryl methyl sites for hydroxylation is 2. The molecule has 198 valence electrons. The van der Waals surface area contributed by atoms with Crippen molar-refractivity contribution >= 4 is 32.8 Å². The van der Waals surface area contributed by atoms with Crippen molar-refractivity contribution in [3.05, 3.63) is 151 Å². The molecule has 0 saturated heterocycles. The molecule has 0 atom stereocenters. The summed E-state index contributed by atoms with van der Waals surface area (Å²) in [7, 11) is 0. The Morgan fingerprint density at radius 2 is 1.07 bits per heavy atom. The molecule has 6 aromatic carbocycles. The lowest BCUT2D eigenvalue weighted by Gasteiger charge is -2.19. The second kappa shape index (κ2) is 9.05. The first-order valence-corrected chi connectivity index (χ1v) is 14.6. The average Bonchev–Trinajstić information content (AvgIpc) is 3.60. The second-order valence-electron chi connectivity index (χ2n) is 11.2. The van der Waals surface area contributed by atoms with Crippen molar-refractivity contribution in [1.82, 2.24) is 14.1 Å². The van der Waals surface area contributed by atoms with E-state index in [4.69, 9.17) is 4.98 Å². The Hall–Kier alpha value is -5.41. The minimum Gasteiger partial charge on any atom is -0.309 e. The lowest BCUT2D eigenvalue weighted by atomic mass is 10.0. The van der Waals surface area contributed by atoms with E-state index >= 15 is 0 Å². The number of rotatable bonds is 3. The molecule has 3 heterocycles. The summed E-state index contributed by atoms with van der Waals surface area (Å²) in [5.74, 6) is 1.14. The fourth-order valence-electron chi connectivity index (χ4n) is 6.80. The molecule has 0 bridgehead atoms. The zero-order valence-electron chi connectivity index (χ0n) is 23.0. The van der Waals surface area contributed by atoms with Crippen molar-refractivity contribution in [2.24, 2.45) is 0 Å². The summed E-state index contributed by atoms with van der Waals surface area (Å²) >= 11 is 0. The van der Waals surface area contributed by atoms with E-state index in [1.54, 1.807) is 0 Å². The Kier molecular flexibility index (Phi) is 5.02. The third kappa shape index (κ3) is 3.50. The van der Waals surface area contributed by atoms with Crippen molar-refractivity contribution in [2.45, 2.75) is 12.8 Å². The first-order chi connectivity index (χ1) is 20.8. The topological polar surface area (TPSA) is 22.8 Å². The highest BCUT2D eigenvalue weighted by Gasteiger charge is 2.21. The zero-order chi connectivity index (χ0) is 27.6. The predicted molar refractivity (Wildman–Crippen MR) is 174 cm³/mol. The number of hydrogen-bond donors (Lipinski definition) is 0. The lowest BCUT2D eigenvalue weighted by Crippen LogP contribution is -2.12. The first-order valence-electron chi connectivity index (χ1n) is 14.6. The number of fused-ring (bicyclic) bond motifs is 8. The van der Waals surface area contributed by atoms with Crippen LogP contribution >= 0.6 is 0 Å². The zero-order valence-corrected chi connectivity index (χ0v) is 23.0. The highest BCUT2D eigenvalue weighted by Crippen LogP contribution is 2.38. The van der Waals surface area contributed by atoms with E-state index in [2.05, 4.69) is 149 Å². The van der Waals surface area contributed by atoms with Gasteiger partial charge in [0.15, 0.2) is 0 Å². The maximum absolute atomic E-state index is 5.04. The summed E-state index contributed by atoms with van der Waals surface area (Å²) in [6.45, 7) is 0.